The molecule has 0 aliphatic carbocycles. The van der Waals surface area contributed by atoms with Gasteiger partial charge in [-0.1, -0.05) is 75.6 Å². The van der Waals surface area contributed by atoms with Crippen molar-refractivity contribution in [1.82, 2.24) is 14.8 Å². The number of aromatic amines is 1. The van der Waals surface area contributed by atoms with Gasteiger partial charge in [0.05, 0.1) is 0 Å². The van der Waals surface area contributed by atoms with Gasteiger partial charge in [-0.2, -0.15) is 5.10 Å². The average molecular weight is 366 g/mol. The Morgan fingerprint density at radius 2 is 1.79 bits per heavy atom. The molecule has 0 spiro atoms. The summed E-state index contributed by atoms with van der Waals surface area (Å²) < 4.78 is 2.85. The molecule has 1 heterocycles. The second-order valence-corrected chi connectivity index (χ2v) is 7.20. The van der Waals surface area contributed by atoms with E-state index < -0.39 is 0 Å². The molecule has 0 unspecified atom stereocenters. The van der Waals surface area contributed by atoms with E-state index in [1.54, 1.807) is 0 Å². The summed E-state index contributed by atoms with van der Waals surface area (Å²) in [6.07, 6.45) is 11.3. The number of aromatic nitrogens is 3. The molecule has 24 heavy (non-hydrogen) atoms. The quantitative estimate of drug-likeness (QED) is 0.373. The topological polar surface area (TPSA) is 33.6 Å². The van der Waals surface area contributed by atoms with Gasteiger partial charge in [-0.3, -0.25) is 5.10 Å². The maximum atomic E-state index is 6.06. The highest BCUT2D eigenvalue weighted by Crippen LogP contribution is 2.15. The molecule has 0 saturated carbocycles. The Labute approximate surface area is 155 Å². The molecule has 0 radical (unpaired) electrons. The van der Waals surface area contributed by atoms with Crippen molar-refractivity contribution in [3.8, 4) is 0 Å². The van der Waals surface area contributed by atoms with Crippen molar-refractivity contribution in [2.45, 2.75) is 71.3 Å². The number of H-pyrrole nitrogens is 1. The largest absolute Gasteiger partial charge is 0.304 e. The van der Waals surface area contributed by atoms with Crippen LogP contribution in [-0.2, 0) is 13.0 Å². The molecule has 0 amide bonds. The van der Waals surface area contributed by atoms with Gasteiger partial charge in [0.25, 0.3) is 0 Å². The molecule has 0 aliphatic rings. The van der Waals surface area contributed by atoms with Crippen molar-refractivity contribution in [3.63, 3.8) is 0 Å². The van der Waals surface area contributed by atoms with E-state index in [0.29, 0.717) is 0 Å². The summed E-state index contributed by atoms with van der Waals surface area (Å²) >= 11 is 11.4. The van der Waals surface area contributed by atoms with Gasteiger partial charge in [0.1, 0.15) is 5.82 Å². The molecule has 0 fully saturated rings. The van der Waals surface area contributed by atoms with Crippen LogP contribution < -0.4 is 0 Å². The number of hydrogen-bond donors (Lipinski definition) is 1. The van der Waals surface area contributed by atoms with Crippen molar-refractivity contribution in [1.29, 1.82) is 0 Å². The molecule has 0 aliphatic heterocycles. The van der Waals surface area contributed by atoms with Crippen LogP contribution in [0.15, 0.2) is 24.3 Å². The number of nitrogens with one attached hydrogen (secondary N) is 1. The Kier molecular flexibility index (Phi) is 8.54. The first-order valence-corrected chi connectivity index (χ1v) is 9.88. The number of rotatable bonds is 11. The normalized spacial score (nSPS) is 11.1. The molecule has 5 heteroatoms. The summed E-state index contributed by atoms with van der Waals surface area (Å²) in [6.45, 7) is 3.20. The lowest BCUT2D eigenvalue weighted by Gasteiger charge is -2.07. The summed E-state index contributed by atoms with van der Waals surface area (Å²) in [7, 11) is 0. The zero-order valence-electron chi connectivity index (χ0n) is 14.6. The van der Waals surface area contributed by atoms with Gasteiger partial charge in [0.15, 0.2) is 4.77 Å². The third-order valence-electron chi connectivity index (χ3n) is 4.32. The SMILES string of the molecule is CCCCCCCCCCn1c(Cc2cccc(Cl)c2)n[nH]c1=S. The molecule has 1 aromatic carbocycles. The van der Waals surface area contributed by atoms with Crippen LogP contribution in [-0.4, -0.2) is 14.8 Å². The fraction of sp³-hybridized carbons (Fsp3) is 0.579. The minimum absolute atomic E-state index is 0.718. The average Bonchev–Trinajstić information content (AvgIpc) is 2.90. The molecule has 0 bridgehead atoms. The number of unbranched alkanes of at least 4 members (excludes halogenated alkanes) is 7. The van der Waals surface area contributed by atoms with Crippen LogP contribution in [0, 0.1) is 4.77 Å². The third-order valence-corrected chi connectivity index (χ3v) is 4.87. The van der Waals surface area contributed by atoms with E-state index in [9.17, 15) is 0 Å². The first kappa shape index (κ1) is 19.2. The Hall–Kier alpha value is -1.13. The number of nitrogens with zero attached hydrogens (tertiary/aromatic N) is 2. The van der Waals surface area contributed by atoms with Gasteiger partial charge >= 0.3 is 0 Å². The molecule has 0 saturated heterocycles. The minimum Gasteiger partial charge on any atom is -0.304 e. The summed E-state index contributed by atoms with van der Waals surface area (Å²) in [5.41, 5.74) is 1.16. The highest BCUT2D eigenvalue weighted by molar-refractivity contribution is 7.71. The van der Waals surface area contributed by atoms with Crippen molar-refractivity contribution in [2.75, 3.05) is 0 Å². The smallest absolute Gasteiger partial charge is 0.195 e. The molecule has 3 nitrogen and oxygen atoms in total. The van der Waals surface area contributed by atoms with Crippen LogP contribution in [0.4, 0.5) is 0 Å². The van der Waals surface area contributed by atoms with Gasteiger partial charge in [-0.25, -0.2) is 0 Å². The molecule has 1 N–H and O–H groups in total. The molecule has 132 valence electrons. The Bertz CT molecular complexity index is 663. The lowest BCUT2D eigenvalue weighted by molar-refractivity contribution is 0.534. The van der Waals surface area contributed by atoms with Crippen LogP contribution in [0.2, 0.25) is 5.02 Å². The fourth-order valence-corrected chi connectivity index (χ4v) is 3.40. The van der Waals surface area contributed by atoms with E-state index in [4.69, 9.17) is 23.8 Å². The van der Waals surface area contributed by atoms with Gasteiger partial charge in [0.2, 0.25) is 0 Å². The van der Waals surface area contributed by atoms with Gasteiger partial charge in [-0.05, 0) is 36.3 Å². The molecular formula is C19H28ClN3S. The van der Waals surface area contributed by atoms with E-state index >= 15 is 0 Å². The van der Waals surface area contributed by atoms with Crippen molar-refractivity contribution in [2.24, 2.45) is 0 Å². The predicted octanol–water partition coefficient (Wildman–Crippen LogP) is 6.33. The molecule has 1 aromatic heterocycles. The highest BCUT2D eigenvalue weighted by Gasteiger charge is 2.07. The van der Waals surface area contributed by atoms with Crippen molar-refractivity contribution in [3.05, 3.63) is 45.4 Å². The minimum atomic E-state index is 0.718. The maximum absolute atomic E-state index is 6.06. The zero-order valence-corrected chi connectivity index (χ0v) is 16.1. The maximum Gasteiger partial charge on any atom is 0.195 e. The molecule has 0 atom stereocenters. The Balaban J connectivity index is 1.79. The van der Waals surface area contributed by atoms with E-state index in [-0.39, 0.29) is 0 Å². The molecule has 2 aromatic rings. The van der Waals surface area contributed by atoms with Crippen molar-refractivity contribution >= 4 is 23.8 Å². The van der Waals surface area contributed by atoms with E-state index in [1.807, 2.05) is 18.2 Å². The monoisotopic (exact) mass is 365 g/mol. The summed E-state index contributed by atoms with van der Waals surface area (Å²) in [4.78, 5) is 0. The van der Waals surface area contributed by atoms with Crippen LogP contribution in [0.1, 0.15) is 69.7 Å². The second kappa shape index (κ2) is 10.7. The number of hydrogen-bond acceptors (Lipinski definition) is 2. The summed E-state index contributed by atoms with van der Waals surface area (Å²) in [5.74, 6) is 0.991. The van der Waals surface area contributed by atoms with Gasteiger partial charge in [0, 0.05) is 18.0 Å². The van der Waals surface area contributed by atoms with Crippen molar-refractivity contribution < 1.29 is 0 Å². The lowest BCUT2D eigenvalue weighted by Crippen LogP contribution is -2.05. The first-order valence-electron chi connectivity index (χ1n) is 9.09. The fourth-order valence-electron chi connectivity index (χ4n) is 2.95. The molecule has 2 rings (SSSR count). The van der Waals surface area contributed by atoms with Crippen LogP contribution in [0.3, 0.4) is 0 Å². The Morgan fingerprint density at radius 1 is 1.08 bits per heavy atom. The summed E-state index contributed by atoms with van der Waals surface area (Å²) in [5, 5.41) is 8.08. The van der Waals surface area contributed by atoms with Crippen LogP contribution >= 0.6 is 23.8 Å². The van der Waals surface area contributed by atoms with Crippen LogP contribution in [0.25, 0.3) is 0 Å². The highest BCUT2D eigenvalue weighted by atomic mass is 35.5. The van der Waals surface area contributed by atoms with Gasteiger partial charge < -0.3 is 4.57 Å². The van der Waals surface area contributed by atoms with E-state index in [2.05, 4.69) is 27.8 Å². The standard InChI is InChI=1S/C19H28ClN3S/c1-2-3-4-5-6-7-8-9-13-23-18(21-22-19(23)24)15-16-11-10-12-17(20)14-16/h10-12,14H,2-9,13,15H2,1H3,(H,22,24). The van der Waals surface area contributed by atoms with Gasteiger partial charge in [-0.15, -0.1) is 0 Å². The molecular weight excluding hydrogens is 338 g/mol. The number of halogens is 1. The van der Waals surface area contributed by atoms with E-state index in [1.165, 1.54) is 44.9 Å². The Morgan fingerprint density at radius 3 is 2.50 bits per heavy atom. The zero-order chi connectivity index (χ0) is 17.2. The second-order valence-electron chi connectivity index (χ2n) is 6.38. The van der Waals surface area contributed by atoms with E-state index in [0.717, 1.165) is 40.6 Å². The predicted molar refractivity (Wildman–Crippen MR) is 104 cm³/mol. The number of benzene rings is 1. The summed E-state index contributed by atoms with van der Waals surface area (Å²) in [6, 6.07) is 7.93. The van der Waals surface area contributed by atoms with Crippen LogP contribution in [0.5, 0.6) is 0 Å². The first-order chi connectivity index (χ1) is 11.7. The third kappa shape index (κ3) is 6.40. The lowest BCUT2D eigenvalue weighted by atomic mass is 10.1.